The summed E-state index contributed by atoms with van der Waals surface area (Å²) in [4.78, 5) is 30.5. The second kappa shape index (κ2) is 9.89. The maximum Gasteiger partial charge on any atom is 0.266 e. The highest BCUT2D eigenvalue weighted by Crippen LogP contribution is 2.23. The van der Waals surface area contributed by atoms with Gasteiger partial charge in [-0.25, -0.2) is 4.98 Å². The first kappa shape index (κ1) is 21.9. The lowest BCUT2D eigenvalue weighted by Gasteiger charge is -2.14. The van der Waals surface area contributed by atoms with E-state index in [-0.39, 0.29) is 17.2 Å². The third-order valence-corrected chi connectivity index (χ3v) is 5.77. The van der Waals surface area contributed by atoms with Gasteiger partial charge < -0.3 is 10.1 Å². The van der Waals surface area contributed by atoms with Gasteiger partial charge in [0.2, 0.25) is 5.91 Å². The van der Waals surface area contributed by atoms with Gasteiger partial charge in [0.25, 0.3) is 5.56 Å². The van der Waals surface area contributed by atoms with Crippen molar-refractivity contribution in [3.05, 3.63) is 88.2 Å². The number of carbonyl (C=O) groups excluding carboxylic acids is 1. The van der Waals surface area contributed by atoms with Gasteiger partial charge in [-0.05, 0) is 61.5 Å². The molecule has 0 aliphatic heterocycles. The Morgan fingerprint density at radius 2 is 1.88 bits per heavy atom. The molecular weight excluding hydrogens is 446 g/mol. The lowest BCUT2D eigenvalue weighted by Crippen LogP contribution is -2.23. The van der Waals surface area contributed by atoms with Gasteiger partial charge in [0.1, 0.15) is 5.75 Å². The molecule has 1 amide bonds. The van der Waals surface area contributed by atoms with E-state index in [2.05, 4.69) is 10.3 Å². The largest absolute Gasteiger partial charge is 0.494 e. The standard InChI is InChI=1S/C24H20ClN3O3S/c1-2-31-19-12-10-18(11-13-19)28-23(30)20-8-3-4-9-21(20)27-24(28)32-15-22(29)26-17-7-5-6-16(25)14-17/h3-14H,2,15H2,1H3,(H,26,29). The van der Waals surface area contributed by atoms with Crippen LogP contribution in [-0.4, -0.2) is 27.8 Å². The maximum absolute atomic E-state index is 13.3. The van der Waals surface area contributed by atoms with E-state index >= 15 is 0 Å². The third kappa shape index (κ3) is 4.95. The van der Waals surface area contributed by atoms with Crippen molar-refractivity contribution in [2.75, 3.05) is 17.7 Å². The number of para-hydroxylation sites is 1. The number of aromatic nitrogens is 2. The summed E-state index contributed by atoms with van der Waals surface area (Å²) in [5.74, 6) is 0.569. The molecule has 0 atom stereocenters. The molecule has 0 aliphatic rings. The Morgan fingerprint density at radius 1 is 1.09 bits per heavy atom. The number of hydrogen-bond acceptors (Lipinski definition) is 5. The summed E-state index contributed by atoms with van der Waals surface area (Å²) in [6.45, 7) is 2.47. The van der Waals surface area contributed by atoms with Crippen LogP contribution < -0.4 is 15.6 Å². The van der Waals surface area contributed by atoms with E-state index in [1.165, 1.54) is 16.3 Å². The minimum atomic E-state index is -0.224. The molecule has 1 aromatic heterocycles. The normalized spacial score (nSPS) is 10.8. The van der Waals surface area contributed by atoms with Crippen LogP contribution in [0.5, 0.6) is 5.75 Å². The molecule has 4 aromatic rings. The van der Waals surface area contributed by atoms with Crippen molar-refractivity contribution in [3.8, 4) is 11.4 Å². The summed E-state index contributed by atoms with van der Waals surface area (Å²) < 4.78 is 7.02. The molecule has 32 heavy (non-hydrogen) atoms. The molecule has 162 valence electrons. The number of amides is 1. The van der Waals surface area contributed by atoms with E-state index in [1.807, 2.05) is 13.0 Å². The van der Waals surface area contributed by atoms with Gasteiger partial charge in [0.05, 0.1) is 29.0 Å². The van der Waals surface area contributed by atoms with Gasteiger partial charge in [-0.1, -0.05) is 41.6 Å². The molecule has 0 fully saturated rings. The number of fused-ring (bicyclic) bond motifs is 1. The zero-order valence-corrected chi connectivity index (χ0v) is 18.8. The minimum Gasteiger partial charge on any atom is -0.494 e. The lowest BCUT2D eigenvalue weighted by molar-refractivity contribution is -0.113. The van der Waals surface area contributed by atoms with Crippen LogP contribution in [-0.2, 0) is 4.79 Å². The monoisotopic (exact) mass is 465 g/mol. The fraction of sp³-hybridized carbons (Fsp3) is 0.125. The molecule has 0 unspecified atom stereocenters. The maximum atomic E-state index is 13.3. The number of carbonyl (C=O) groups is 1. The first-order chi connectivity index (χ1) is 15.5. The predicted octanol–water partition coefficient (Wildman–Crippen LogP) is 5.17. The van der Waals surface area contributed by atoms with Crippen LogP contribution in [0.4, 0.5) is 5.69 Å². The van der Waals surface area contributed by atoms with Crippen molar-refractivity contribution in [1.82, 2.24) is 9.55 Å². The number of hydrogen-bond donors (Lipinski definition) is 1. The van der Waals surface area contributed by atoms with Gasteiger partial charge in [-0.15, -0.1) is 0 Å². The van der Waals surface area contributed by atoms with Crippen LogP contribution in [0.1, 0.15) is 6.92 Å². The average molecular weight is 466 g/mol. The zero-order chi connectivity index (χ0) is 22.5. The molecule has 8 heteroatoms. The Morgan fingerprint density at radius 3 is 2.62 bits per heavy atom. The number of nitrogens with zero attached hydrogens (tertiary/aromatic N) is 2. The highest BCUT2D eigenvalue weighted by Gasteiger charge is 2.15. The highest BCUT2D eigenvalue weighted by atomic mass is 35.5. The van der Waals surface area contributed by atoms with Gasteiger partial charge >= 0.3 is 0 Å². The van der Waals surface area contributed by atoms with Crippen LogP contribution in [0.3, 0.4) is 0 Å². The lowest BCUT2D eigenvalue weighted by atomic mass is 10.2. The number of halogens is 1. The van der Waals surface area contributed by atoms with E-state index in [0.29, 0.717) is 44.8 Å². The quantitative estimate of drug-likeness (QED) is 0.301. The number of nitrogens with one attached hydrogen (secondary N) is 1. The van der Waals surface area contributed by atoms with Crippen molar-refractivity contribution in [1.29, 1.82) is 0 Å². The van der Waals surface area contributed by atoms with E-state index in [0.717, 1.165) is 0 Å². The summed E-state index contributed by atoms with van der Waals surface area (Å²) in [5, 5.41) is 4.29. The molecule has 0 saturated carbocycles. The Bertz CT molecular complexity index is 1320. The molecule has 1 heterocycles. The molecule has 0 aliphatic carbocycles. The first-order valence-electron chi connectivity index (χ1n) is 9.98. The first-order valence-corrected chi connectivity index (χ1v) is 11.3. The number of rotatable bonds is 7. The highest BCUT2D eigenvalue weighted by molar-refractivity contribution is 7.99. The molecule has 3 aromatic carbocycles. The Labute approximate surface area is 194 Å². The van der Waals surface area contributed by atoms with E-state index in [1.54, 1.807) is 66.7 Å². The van der Waals surface area contributed by atoms with Crippen molar-refractivity contribution in [2.24, 2.45) is 0 Å². The Kier molecular flexibility index (Phi) is 6.78. The summed E-state index contributed by atoms with van der Waals surface area (Å²) in [6, 6.07) is 21.3. The minimum absolute atomic E-state index is 0.0777. The van der Waals surface area contributed by atoms with Gasteiger partial charge in [0, 0.05) is 10.7 Å². The van der Waals surface area contributed by atoms with E-state index in [9.17, 15) is 9.59 Å². The Hall–Kier alpha value is -3.29. The van der Waals surface area contributed by atoms with Gasteiger partial charge in [-0.3, -0.25) is 14.2 Å². The van der Waals surface area contributed by atoms with Crippen LogP contribution in [0.2, 0.25) is 5.02 Å². The number of thioether (sulfide) groups is 1. The van der Waals surface area contributed by atoms with Gasteiger partial charge in [-0.2, -0.15) is 0 Å². The van der Waals surface area contributed by atoms with Crippen molar-refractivity contribution >= 4 is 45.9 Å². The molecule has 0 spiro atoms. The van der Waals surface area contributed by atoms with Crippen LogP contribution in [0.15, 0.2) is 82.7 Å². The molecule has 0 bridgehead atoms. The fourth-order valence-corrected chi connectivity index (χ4v) is 4.19. The number of anilines is 1. The summed E-state index contributed by atoms with van der Waals surface area (Å²) in [5.41, 5.74) is 1.64. The average Bonchev–Trinajstić information content (AvgIpc) is 2.79. The molecule has 1 N–H and O–H groups in total. The molecule has 0 radical (unpaired) electrons. The zero-order valence-electron chi connectivity index (χ0n) is 17.2. The smallest absolute Gasteiger partial charge is 0.266 e. The second-order valence-electron chi connectivity index (χ2n) is 6.83. The predicted molar refractivity (Wildman–Crippen MR) is 129 cm³/mol. The third-order valence-electron chi connectivity index (χ3n) is 4.59. The SMILES string of the molecule is CCOc1ccc(-n2c(SCC(=O)Nc3cccc(Cl)c3)nc3ccccc3c2=O)cc1. The summed E-state index contributed by atoms with van der Waals surface area (Å²) in [7, 11) is 0. The van der Waals surface area contributed by atoms with Crippen molar-refractivity contribution < 1.29 is 9.53 Å². The number of ether oxygens (including phenoxy) is 1. The van der Waals surface area contributed by atoms with Crippen molar-refractivity contribution in [3.63, 3.8) is 0 Å². The topological polar surface area (TPSA) is 73.2 Å². The molecule has 6 nitrogen and oxygen atoms in total. The number of benzene rings is 3. The van der Waals surface area contributed by atoms with Crippen LogP contribution in [0, 0.1) is 0 Å². The Balaban J connectivity index is 1.65. The van der Waals surface area contributed by atoms with E-state index < -0.39 is 0 Å². The second-order valence-corrected chi connectivity index (χ2v) is 8.21. The summed E-state index contributed by atoms with van der Waals surface area (Å²) in [6.07, 6.45) is 0. The molecule has 0 saturated heterocycles. The molecule has 4 rings (SSSR count). The summed E-state index contributed by atoms with van der Waals surface area (Å²) >= 11 is 7.17. The van der Waals surface area contributed by atoms with E-state index in [4.69, 9.17) is 16.3 Å². The fourth-order valence-electron chi connectivity index (χ4n) is 3.19. The van der Waals surface area contributed by atoms with Gasteiger partial charge in [0.15, 0.2) is 5.16 Å². The van der Waals surface area contributed by atoms with Crippen molar-refractivity contribution in [2.45, 2.75) is 12.1 Å². The van der Waals surface area contributed by atoms with Crippen LogP contribution >= 0.6 is 23.4 Å². The molecular formula is C24H20ClN3O3S. The van der Waals surface area contributed by atoms with Crippen LogP contribution in [0.25, 0.3) is 16.6 Å².